The number of aryl methyl sites for hydroxylation is 1. The van der Waals surface area contributed by atoms with Crippen molar-refractivity contribution in [2.45, 2.75) is 30.2 Å². The highest BCUT2D eigenvalue weighted by atomic mass is 32.2. The summed E-state index contributed by atoms with van der Waals surface area (Å²) in [7, 11) is 1.91. The van der Waals surface area contributed by atoms with Crippen molar-refractivity contribution in [3.63, 3.8) is 0 Å². The molecule has 2 nitrogen and oxygen atoms in total. The standard InChI is InChI=1S/C13H16N2S/c1-15-12(6-7-14)10-4-5-13-11(9-10)3-2-8-16-13/h4-5,9,12,15H,2-3,6,8H2,1H3. The minimum atomic E-state index is 0.169. The average molecular weight is 232 g/mol. The molecule has 1 aliphatic rings. The van der Waals surface area contributed by atoms with Crippen molar-refractivity contribution < 1.29 is 0 Å². The molecule has 0 radical (unpaired) electrons. The van der Waals surface area contributed by atoms with Gasteiger partial charge in [0, 0.05) is 10.9 Å². The van der Waals surface area contributed by atoms with E-state index >= 15 is 0 Å². The predicted octanol–water partition coefficient (Wildman–Crippen LogP) is 2.90. The lowest BCUT2D eigenvalue weighted by Gasteiger charge is -2.19. The van der Waals surface area contributed by atoms with Gasteiger partial charge in [0.05, 0.1) is 12.5 Å². The SMILES string of the molecule is CNC(CC#N)c1ccc2c(c1)CCCS2. The Bertz CT molecular complexity index is 409. The molecular formula is C13H16N2S. The Morgan fingerprint density at radius 3 is 3.19 bits per heavy atom. The lowest BCUT2D eigenvalue weighted by Crippen LogP contribution is -2.16. The molecule has 3 heteroatoms. The lowest BCUT2D eigenvalue weighted by molar-refractivity contribution is 0.606. The van der Waals surface area contributed by atoms with Gasteiger partial charge in [0.25, 0.3) is 0 Å². The monoisotopic (exact) mass is 232 g/mol. The first kappa shape index (κ1) is 11.5. The maximum atomic E-state index is 8.77. The molecule has 1 aromatic carbocycles. The summed E-state index contributed by atoms with van der Waals surface area (Å²) in [6, 6.07) is 9.02. The Balaban J connectivity index is 2.25. The maximum Gasteiger partial charge on any atom is 0.0641 e. The molecule has 16 heavy (non-hydrogen) atoms. The average Bonchev–Trinajstić information content (AvgIpc) is 2.35. The van der Waals surface area contributed by atoms with Crippen molar-refractivity contribution >= 4 is 11.8 Å². The van der Waals surface area contributed by atoms with Crippen LogP contribution in [0.1, 0.15) is 30.0 Å². The molecule has 1 aliphatic heterocycles. The number of nitriles is 1. The zero-order valence-corrected chi connectivity index (χ0v) is 10.3. The quantitative estimate of drug-likeness (QED) is 0.870. The van der Waals surface area contributed by atoms with Gasteiger partial charge < -0.3 is 5.32 Å². The van der Waals surface area contributed by atoms with Crippen LogP contribution in [0.15, 0.2) is 23.1 Å². The van der Waals surface area contributed by atoms with Gasteiger partial charge >= 0.3 is 0 Å². The Hall–Kier alpha value is -0.980. The molecule has 84 valence electrons. The Morgan fingerprint density at radius 2 is 2.44 bits per heavy atom. The summed E-state index contributed by atoms with van der Waals surface area (Å²) < 4.78 is 0. The molecule has 0 fully saturated rings. The van der Waals surface area contributed by atoms with E-state index in [1.165, 1.54) is 34.6 Å². The number of nitrogens with one attached hydrogen (secondary N) is 1. The lowest BCUT2D eigenvalue weighted by atomic mass is 10.00. The molecule has 2 rings (SSSR count). The van der Waals surface area contributed by atoms with Crippen LogP contribution in [0.25, 0.3) is 0 Å². The summed E-state index contributed by atoms with van der Waals surface area (Å²) in [6.07, 6.45) is 2.98. The fourth-order valence-electron chi connectivity index (χ4n) is 2.07. The van der Waals surface area contributed by atoms with Crippen LogP contribution in [0.5, 0.6) is 0 Å². The van der Waals surface area contributed by atoms with E-state index in [1.807, 2.05) is 18.8 Å². The fraction of sp³-hybridized carbons (Fsp3) is 0.462. The highest BCUT2D eigenvalue weighted by Crippen LogP contribution is 2.32. The first-order valence-electron chi connectivity index (χ1n) is 5.65. The molecule has 0 spiro atoms. The van der Waals surface area contributed by atoms with E-state index in [9.17, 15) is 0 Å². The summed E-state index contributed by atoms with van der Waals surface area (Å²) >= 11 is 1.94. The molecule has 1 heterocycles. The van der Waals surface area contributed by atoms with Crippen LogP contribution in [0, 0.1) is 11.3 Å². The summed E-state index contributed by atoms with van der Waals surface area (Å²) in [5.74, 6) is 1.24. The maximum absolute atomic E-state index is 8.77. The van der Waals surface area contributed by atoms with Crippen molar-refractivity contribution in [2.75, 3.05) is 12.8 Å². The van der Waals surface area contributed by atoms with Gasteiger partial charge in [0.1, 0.15) is 0 Å². The zero-order chi connectivity index (χ0) is 11.4. The highest BCUT2D eigenvalue weighted by Gasteiger charge is 2.14. The molecule has 1 aromatic rings. The minimum absolute atomic E-state index is 0.169. The van der Waals surface area contributed by atoms with Gasteiger partial charge in [-0.1, -0.05) is 12.1 Å². The highest BCUT2D eigenvalue weighted by molar-refractivity contribution is 7.99. The molecule has 0 saturated heterocycles. The van der Waals surface area contributed by atoms with Gasteiger partial charge in [-0.15, -0.1) is 11.8 Å². The van der Waals surface area contributed by atoms with Crippen molar-refractivity contribution in [2.24, 2.45) is 0 Å². The second-order valence-corrected chi connectivity index (χ2v) is 5.16. The van der Waals surface area contributed by atoms with E-state index in [0.29, 0.717) is 6.42 Å². The number of benzene rings is 1. The van der Waals surface area contributed by atoms with Gasteiger partial charge in [0.2, 0.25) is 0 Å². The third-order valence-electron chi connectivity index (χ3n) is 2.98. The zero-order valence-electron chi connectivity index (χ0n) is 9.49. The van der Waals surface area contributed by atoms with Gasteiger partial charge in [-0.3, -0.25) is 0 Å². The van der Waals surface area contributed by atoms with Crippen LogP contribution >= 0.6 is 11.8 Å². The Kier molecular flexibility index (Phi) is 3.87. The molecule has 1 N–H and O–H groups in total. The third-order valence-corrected chi connectivity index (χ3v) is 4.18. The van der Waals surface area contributed by atoms with E-state index in [2.05, 4.69) is 29.6 Å². The number of thioether (sulfide) groups is 1. The second-order valence-electron chi connectivity index (χ2n) is 4.02. The summed E-state index contributed by atoms with van der Waals surface area (Å²) in [6.45, 7) is 0. The second kappa shape index (κ2) is 5.38. The Morgan fingerprint density at radius 1 is 1.56 bits per heavy atom. The minimum Gasteiger partial charge on any atom is -0.312 e. The predicted molar refractivity (Wildman–Crippen MR) is 67.5 cm³/mol. The Labute approximate surface area is 101 Å². The summed E-state index contributed by atoms with van der Waals surface area (Å²) in [5.41, 5.74) is 2.69. The largest absolute Gasteiger partial charge is 0.312 e. The van der Waals surface area contributed by atoms with E-state index in [4.69, 9.17) is 5.26 Å². The fourth-order valence-corrected chi connectivity index (χ4v) is 3.09. The topological polar surface area (TPSA) is 35.8 Å². The van der Waals surface area contributed by atoms with Gasteiger partial charge in [-0.25, -0.2) is 0 Å². The number of hydrogen-bond donors (Lipinski definition) is 1. The van der Waals surface area contributed by atoms with E-state index < -0.39 is 0 Å². The number of rotatable bonds is 3. The molecule has 1 atom stereocenters. The van der Waals surface area contributed by atoms with Gasteiger partial charge in [-0.2, -0.15) is 5.26 Å². The number of nitrogens with zero attached hydrogens (tertiary/aromatic N) is 1. The number of fused-ring (bicyclic) bond motifs is 1. The molecule has 0 aliphatic carbocycles. The van der Waals surface area contributed by atoms with E-state index in [1.54, 1.807) is 0 Å². The smallest absolute Gasteiger partial charge is 0.0641 e. The molecule has 0 amide bonds. The van der Waals surface area contributed by atoms with Crippen LogP contribution in [-0.2, 0) is 6.42 Å². The van der Waals surface area contributed by atoms with Crippen LogP contribution in [0.4, 0.5) is 0 Å². The molecule has 0 bridgehead atoms. The van der Waals surface area contributed by atoms with Crippen molar-refractivity contribution in [1.82, 2.24) is 5.32 Å². The van der Waals surface area contributed by atoms with E-state index in [0.717, 1.165) is 0 Å². The van der Waals surface area contributed by atoms with Crippen molar-refractivity contribution in [3.8, 4) is 6.07 Å². The normalized spacial score (nSPS) is 16.2. The van der Waals surface area contributed by atoms with Crippen LogP contribution < -0.4 is 5.32 Å². The van der Waals surface area contributed by atoms with Gasteiger partial charge in [0.15, 0.2) is 0 Å². The van der Waals surface area contributed by atoms with Crippen molar-refractivity contribution in [1.29, 1.82) is 5.26 Å². The first-order valence-corrected chi connectivity index (χ1v) is 6.63. The summed E-state index contributed by atoms with van der Waals surface area (Å²) in [4.78, 5) is 1.42. The van der Waals surface area contributed by atoms with Crippen LogP contribution in [0.2, 0.25) is 0 Å². The van der Waals surface area contributed by atoms with Gasteiger partial charge in [-0.05, 0) is 42.8 Å². The van der Waals surface area contributed by atoms with E-state index in [-0.39, 0.29) is 6.04 Å². The first-order chi connectivity index (χ1) is 7.85. The molecule has 0 saturated carbocycles. The molecular weight excluding hydrogens is 216 g/mol. The van der Waals surface area contributed by atoms with Crippen molar-refractivity contribution in [3.05, 3.63) is 29.3 Å². The molecule has 1 unspecified atom stereocenters. The third kappa shape index (κ3) is 2.40. The van der Waals surface area contributed by atoms with Crippen LogP contribution in [-0.4, -0.2) is 12.8 Å². The molecule has 0 aromatic heterocycles. The number of hydrogen-bond acceptors (Lipinski definition) is 3. The van der Waals surface area contributed by atoms with Crippen LogP contribution in [0.3, 0.4) is 0 Å². The summed E-state index contributed by atoms with van der Waals surface area (Å²) in [5, 5.41) is 12.0.